The first-order valence-electron chi connectivity index (χ1n) is 29.7. The maximum atomic E-state index is 12.9. The standard InChI is InChI=1S/C60H114O6/c1-4-7-10-13-16-19-22-25-27-28-29-30-31-32-34-36-39-42-45-48-51-54-60(63)66-57(55-64-58(61)52-49-46-43-40-37-24-21-18-15-12-9-6-3)56-65-59(62)53-50-47-44-41-38-35-33-26-23-20-17-14-11-8-5-2/h20,23,57H,4-19,21-22,24-56H2,1-3H3/b23-20-/t57-/m0/s1. The maximum absolute atomic E-state index is 12.9. The molecule has 0 fully saturated rings. The molecule has 0 heterocycles. The van der Waals surface area contributed by atoms with Gasteiger partial charge in [0.15, 0.2) is 6.10 Å². The van der Waals surface area contributed by atoms with Gasteiger partial charge in [-0.25, -0.2) is 0 Å². The Bertz CT molecular complexity index is 1020. The fraction of sp³-hybridized carbons (Fsp3) is 0.917. The molecule has 0 saturated carbocycles. The fourth-order valence-electron chi connectivity index (χ4n) is 9.03. The number of esters is 3. The van der Waals surface area contributed by atoms with Crippen LogP contribution in [0.4, 0.5) is 0 Å². The average Bonchev–Trinajstić information content (AvgIpc) is 3.31. The minimum absolute atomic E-state index is 0.0653. The summed E-state index contributed by atoms with van der Waals surface area (Å²) in [5, 5.41) is 0. The summed E-state index contributed by atoms with van der Waals surface area (Å²) < 4.78 is 16.9. The monoisotopic (exact) mass is 931 g/mol. The first-order chi connectivity index (χ1) is 32.5. The van der Waals surface area contributed by atoms with E-state index in [1.165, 1.54) is 238 Å². The predicted molar refractivity (Wildman–Crippen MR) is 284 cm³/mol. The molecular weight excluding hydrogens is 817 g/mol. The van der Waals surface area contributed by atoms with Crippen molar-refractivity contribution < 1.29 is 28.6 Å². The molecule has 0 saturated heterocycles. The zero-order valence-corrected chi connectivity index (χ0v) is 44.7. The molecule has 0 unspecified atom stereocenters. The summed E-state index contributed by atoms with van der Waals surface area (Å²) in [5.74, 6) is -0.845. The molecule has 0 N–H and O–H groups in total. The molecule has 390 valence electrons. The molecule has 0 aliphatic rings. The number of rotatable bonds is 55. The van der Waals surface area contributed by atoms with Gasteiger partial charge in [0.1, 0.15) is 13.2 Å². The molecule has 0 radical (unpaired) electrons. The molecule has 0 aliphatic carbocycles. The van der Waals surface area contributed by atoms with Crippen LogP contribution in [0.2, 0.25) is 0 Å². The Morgan fingerprint density at radius 1 is 0.288 bits per heavy atom. The molecule has 0 amide bonds. The zero-order chi connectivity index (χ0) is 47.9. The lowest BCUT2D eigenvalue weighted by molar-refractivity contribution is -0.167. The van der Waals surface area contributed by atoms with E-state index in [4.69, 9.17) is 14.2 Å². The predicted octanol–water partition coefficient (Wildman–Crippen LogP) is 19.7. The highest BCUT2D eigenvalue weighted by Crippen LogP contribution is 2.17. The van der Waals surface area contributed by atoms with Gasteiger partial charge in [0.25, 0.3) is 0 Å². The van der Waals surface area contributed by atoms with Gasteiger partial charge in [-0.15, -0.1) is 0 Å². The Balaban J connectivity index is 4.26. The van der Waals surface area contributed by atoms with Crippen LogP contribution in [0.25, 0.3) is 0 Å². The number of carbonyl (C=O) groups excluding carboxylic acids is 3. The smallest absolute Gasteiger partial charge is 0.306 e. The van der Waals surface area contributed by atoms with Crippen LogP contribution in [0.5, 0.6) is 0 Å². The summed E-state index contributed by atoms with van der Waals surface area (Å²) in [6.07, 6.45) is 63.5. The molecule has 0 rings (SSSR count). The molecular formula is C60H114O6. The topological polar surface area (TPSA) is 78.9 Å². The average molecular weight is 932 g/mol. The Kier molecular flexibility index (Phi) is 54.2. The van der Waals surface area contributed by atoms with Crippen LogP contribution >= 0.6 is 0 Å². The van der Waals surface area contributed by atoms with Crippen molar-refractivity contribution in [3.63, 3.8) is 0 Å². The molecule has 0 bridgehead atoms. The van der Waals surface area contributed by atoms with E-state index < -0.39 is 6.10 Å². The van der Waals surface area contributed by atoms with E-state index in [1.807, 2.05) is 0 Å². The van der Waals surface area contributed by atoms with Crippen LogP contribution in [0.3, 0.4) is 0 Å². The molecule has 0 aromatic rings. The third-order valence-electron chi connectivity index (χ3n) is 13.5. The highest BCUT2D eigenvalue weighted by Gasteiger charge is 2.19. The van der Waals surface area contributed by atoms with Gasteiger partial charge in [0, 0.05) is 19.3 Å². The minimum atomic E-state index is -0.766. The molecule has 1 atom stereocenters. The number of unbranched alkanes of at least 4 members (excludes halogenated alkanes) is 42. The van der Waals surface area contributed by atoms with Gasteiger partial charge >= 0.3 is 17.9 Å². The van der Waals surface area contributed by atoms with Crippen molar-refractivity contribution in [3.8, 4) is 0 Å². The molecule has 66 heavy (non-hydrogen) atoms. The molecule has 0 aromatic carbocycles. The lowest BCUT2D eigenvalue weighted by atomic mass is 10.0. The Labute approximate surface area is 411 Å². The van der Waals surface area contributed by atoms with E-state index in [9.17, 15) is 14.4 Å². The van der Waals surface area contributed by atoms with Crippen LogP contribution < -0.4 is 0 Å². The minimum Gasteiger partial charge on any atom is -0.462 e. The van der Waals surface area contributed by atoms with Gasteiger partial charge in [-0.1, -0.05) is 283 Å². The molecule has 0 aliphatic heterocycles. The van der Waals surface area contributed by atoms with E-state index >= 15 is 0 Å². The van der Waals surface area contributed by atoms with Crippen molar-refractivity contribution in [3.05, 3.63) is 12.2 Å². The molecule has 6 heteroatoms. The number of allylic oxidation sites excluding steroid dienone is 2. The van der Waals surface area contributed by atoms with Crippen molar-refractivity contribution in [1.29, 1.82) is 0 Å². The SMILES string of the molecule is CCCCCC/C=C\CCCCCCCCCC(=O)OC[C@H](COC(=O)CCCCCCCCCCCCCC)OC(=O)CCCCCCCCCCCCCCCCCCCCCCC. The largest absolute Gasteiger partial charge is 0.462 e. The quantitative estimate of drug-likeness (QED) is 0.0262. The van der Waals surface area contributed by atoms with Gasteiger partial charge in [-0.05, 0) is 44.9 Å². The normalized spacial score (nSPS) is 12.0. The summed E-state index contributed by atoms with van der Waals surface area (Å²) in [5.41, 5.74) is 0. The summed E-state index contributed by atoms with van der Waals surface area (Å²) in [6, 6.07) is 0. The Morgan fingerprint density at radius 3 is 0.773 bits per heavy atom. The maximum Gasteiger partial charge on any atom is 0.306 e. The summed E-state index contributed by atoms with van der Waals surface area (Å²) in [7, 11) is 0. The molecule has 6 nitrogen and oxygen atoms in total. The lowest BCUT2D eigenvalue weighted by Crippen LogP contribution is -2.30. The first kappa shape index (κ1) is 64.2. The van der Waals surface area contributed by atoms with Crippen molar-refractivity contribution in [2.24, 2.45) is 0 Å². The van der Waals surface area contributed by atoms with Crippen LogP contribution in [0.1, 0.15) is 335 Å². The Hall–Kier alpha value is -1.85. The van der Waals surface area contributed by atoms with Crippen molar-refractivity contribution in [2.45, 2.75) is 341 Å². The van der Waals surface area contributed by atoms with Crippen molar-refractivity contribution in [2.75, 3.05) is 13.2 Å². The molecule has 0 spiro atoms. The third-order valence-corrected chi connectivity index (χ3v) is 13.5. The highest BCUT2D eigenvalue weighted by molar-refractivity contribution is 5.71. The Morgan fingerprint density at radius 2 is 0.500 bits per heavy atom. The third kappa shape index (κ3) is 53.1. The van der Waals surface area contributed by atoms with E-state index in [0.717, 1.165) is 57.8 Å². The lowest BCUT2D eigenvalue weighted by Gasteiger charge is -2.18. The van der Waals surface area contributed by atoms with E-state index in [1.54, 1.807) is 0 Å². The van der Waals surface area contributed by atoms with Crippen LogP contribution in [-0.4, -0.2) is 37.2 Å². The van der Waals surface area contributed by atoms with Crippen molar-refractivity contribution in [1.82, 2.24) is 0 Å². The highest BCUT2D eigenvalue weighted by atomic mass is 16.6. The van der Waals surface area contributed by atoms with Gasteiger partial charge in [-0.2, -0.15) is 0 Å². The van der Waals surface area contributed by atoms with E-state index in [0.29, 0.717) is 19.3 Å². The number of carbonyl (C=O) groups is 3. The van der Waals surface area contributed by atoms with Crippen LogP contribution in [0.15, 0.2) is 12.2 Å². The second kappa shape index (κ2) is 55.7. The fourth-order valence-corrected chi connectivity index (χ4v) is 9.03. The summed E-state index contributed by atoms with van der Waals surface area (Å²) in [4.78, 5) is 38.1. The summed E-state index contributed by atoms with van der Waals surface area (Å²) in [6.45, 7) is 6.68. The second-order valence-corrected chi connectivity index (χ2v) is 20.3. The van der Waals surface area contributed by atoms with E-state index in [2.05, 4.69) is 32.9 Å². The second-order valence-electron chi connectivity index (χ2n) is 20.3. The van der Waals surface area contributed by atoms with Crippen molar-refractivity contribution >= 4 is 17.9 Å². The number of hydrogen-bond donors (Lipinski definition) is 0. The van der Waals surface area contributed by atoms with Crippen LogP contribution in [-0.2, 0) is 28.6 Å². The number of hydrogen-bond acceptors (Lipinski definition) is 6. The first-order valence-corrected chi connectivity index (χ1v) is 29.7. The van der Waals surface area contributed by atoms with Gasteiger partial charge in [0.2, 0.25) is 0 Å². The van der Waals surface area contributed by atoms with Gasteiger partial charge in [0.05, 0.1) is 0 Å². The van der Waals surface area contributed by atoms with Gasteiger partial charge < -0.3 is 14.2 Å². The summed E-state index contributed by atoms with van der Waals surface area (Å²) >= 11 is 0. The van der Waals surface area contributed by atoms with Gasteiger partial charge in [-0.3, -0.25) is 14.4 Å². The number of ether oxygens (including phenoxy) is 3. The molecule has 0 aromatic heterocycles. The zero-order valence-electron chi connectivity index (χ0n) is 44.7. The van der Waals surface area contributed by atoms with Crippen LogP contribution in [0, 0.1) is 0 Å². The van der Waals surface area contributed by atoms with E-state index in [-0.39, 0.29) is 31.1 Å².